The molecule has 3 heteroatoms. The normalized spacial score (nSPS) is 11.6. The second-order valence-corrected chi connectivity index (χ2v) is 15.2. The van der Waals surface area contributed by atoms with Crippen molar-refractivity contribution in [2.24, 2.45) is 0 Å². The van der Waals surface area contributed by atoms with Crippen LogP contribution in [0.2, 0.25) is 0 Å². The first-order chi connectivity index (χ1) is 27.3. The Morgan fingerprint density at radius 2 is 0.873 bits per heavy atom. The lowest BCUT2D eigenvalue weighted by Gasteiger charge is -2.27. The van der Waals surface area contributed by atoms with Crippen molar-refractivity contribution in [2.45, 2.75) is 0 Å². The summed E-state index contributed by atoms with van der Waals surface area (Å²) in [6.45, 7) is 0. The first-order valence-corrected chi connectivity index (χ1v) is 19.5. The predicted molar refractivity (Wildman–Crippen MR) is 235 cm³/mol. The monoisotopic (exact) mass is 719 g/mol. The van der Waals surface area contributed by atoms with Crippen molar-refractivity contribution in [1.29, 1.82) is 0 Å². The van der Waals surface area contributed by atoms with Crippen LogP contribution in [0.1, 0.15) is 0 Å². The molecule has 0 saturated heterocycles. The lowest BCUT2D eigenvalue weighted by Crippen LogP contribution is -2.10. The molecule has 2 aromatic heterocycles. The average Bonchev–Trinajstić information content (AvgIpc) is 3.83. The second kappa shape index (κ2) is 12.9. The fourth-order valence-corrected chi connectivity index (χ4v) is 9.48. The molecule has 0 atom stereocenters. The third-order valence-electron chi connectivity index (χ3n) is 10.8. The van der Waals surface area contributed by atoms with E-state index in [1.165, 1.54) is 53.2 Å². The van der Waals surface area contributed by atoms with E-state index in [2.05, 4.69) is 193 Å². The molecule has 0 amide bonds. The summed E-state index contributed by atoms with van der Waals surface area (Å²) in [5, 5.41) is 7.35. The van der Waals surface area contributed by atoms with E-state index < -0.39 is 0 Å². The minimum Gasteiger partial charge on any atom is -0.455 e. The van der Waals surface area contributed by atoms with E-state index in [1.54, 1.807) is 0 Å². The van der Waals surface area contributed by atoms with E-state index in [1.807, 2.05) is 23.5 Å². The maximum Gasteiger partial charge on any atom is 0.143 e. The molecule has 0 fully saturated rings. The standard InChI is InChI=1S/C52H33NOS/c1-2-21-41-34(13-1)14-10-24-42(41)35-15-7-18-38(31-35)53(39-19-8-16-36(32-39)43-25-12-30-50-51(43)47-23-4-6-29-49(47)55-50)40-20-9-17-37(33-40)44-26-11-27-46-45-22-3-5-28-48(45)54-52(44)46/h1-33H. The molecule has 0 spiro atoms. The first-order valence-electron chi connectivity index (χ1n) is 18.7. The van der Waals surface area contributed by atoms with E-state index in [0.29, 0.717) is 0 Å². The quantitative estimate of drug-likeness (QED) is 0.170. The van der Waals surface area contributed by atoms with Gasteiger partial charge >= 0.3 is 0 Å². The van der Waals surface area contributed by atoms with Crippen molar-refractivity contribution in [1.82, 2.24) is 0 Å². The van der Waals surface area contributed by atoms with Gasteiger partial charge in [-0.15, -0.1) is 11.3 Å². The number of nitrogens with zero attached hydrogens (tertiary/aromatic N) is 1. The number of anilines is 3. The Kier molecular flexibility index (Phi) is 7.39. The van der Waals surface area contributed by atoms with Gasteiger partial charge < -0.3 is 9.32 Å². The molecule has 55 heavy (non-hydrogen) atoms. The Morgan fingerprint density at radius 3 is 1.65 bits per heavy atom. The Hall–Kier alpha value is -6.94. The number of furan rings is 1. The van der Waals surface area contributed by atoms with Crippen LogP contribution in [-0.4, -0.2) is 0 Å². The van der Waals surface area contributed by atoms with E-state index >= 15 is 0 Å². The summed E-state index contributed by atoms with van der Waals surface area (Å²) >= 11 is 1.86. The van der Waals surface area contributed by atoms with Crippen LogP contribution in [0.4, 0.5) is 17.1 Å². The van der Waals surface area contributed by atoms with Crippen LogP contribution in [0.25, 0.3) is 86.3 Å². The summed E-state index contributed by atoms with van der Waals surface area (Å²) in [7, 11) is 0. The highest BCUT2D eigenvalue weighted by Gasteiger charge is 2.19. The summed E-state index contributed by atoms with van der Waals surface area (Å²) in [6.07, 6.45) is 0. The third-order valence-corrected chi connectivity index (χ3v) is 12.0. The summed E-state index contributed by atoms with van der Waals surface area (Å²) in [4.78, 5) is 2.40. The van der Waals surface area contributed by atoms with Crippen molar-refractivity contribution >= 4 is 81.3 Å². The van der Waals surface area contributed by atoms with Crippen LogP contribution < -0.4 is 4.90 Å². The maximum absolute atomic E-state index is 6.52. The van der Waals surface area contributed by atoms with Gasteiger partial charge in [0, 0.05) is 53.6 Å². The molecule has 2 heterocycles. The fourth-order valence-electron chi connectivity index (χ4n) is 8.35. The summed E-state index contributed by atoms with van der Waals surface area (Å²) in [5.41, 5.74) is 12.0. The molecular formula is C52H33NOS. The van der Waals surface area contributed by atoms with Crippen molar-refractivity contribution in [3.8, 4) is 33.4 Å². The van der Waals surface area contributed by atoms with Gasteiger partial charge in [0.15, 0.2) is 0 Å². The van der Waals surface area contributed by atoms with Gasteiger partial charge in [0.05, 0.1) is 0 Å². The molecule has 0 aliphatic heterocycles. The van der Waals surface area contributed by atoms with Gasteiger partial charge in [-0.25, -0.2) is 0 Å². The van der Waals surface area contributed by atoms with Crippen molar-refractivity contribution in [2.75, 3.05) is 4.90 Å². The van der Waals surface area contributed by atoms with Crippen LogP contribution in [0.3, 0.4) is 0 Å². The van der Waals surface area contributed by atoms with Gasteiger partial charge in [-0.2, -0.15) is 0 Å². The Labute approximate surface area is 322 Å². The zero-order valence-electron chi connectivity index (χ0n) is 29.8. The molecule has 0 aliphatic rings. The molecule has 0 bridgehead atoms. The lowest BCUT2D eigenvalue weighted by atomic mass is 9.97. The molecule has 0 unspecified atom stereocenters. The first kappa shape index (κ1) is 31.6. The molecule has 11 aromatic rings. The lowest BCUT2D eigenvalue weighted by molar-refractivity contribution is 0.670. The zero-order chi connectivity index (χ0) is 36.3. The number of hydrogen-bond donors (Lipinski definition) is 0. The molecule has 0 saturated carbocycles. The number of rotatable bonds is 6. The van der Waals surface area contributed by atoms with Crippen molar-refractivity contribution in [3.63, 3.8) is 0 Å². The van der Waals surface area contributed by atoms with Gasteiger partial charge in [-0.1, -0.05) is 146 Å². The van der Waals surface area contributed by atoms with E-state index in [-0.39, 0.29) is 0 Å². The van der Waals surface area contributed by atoms with Gasteiger partial charge in [0.25, 0.3) is 0 Å². The minimum absolute atomic E-state index is 0.901. The van der Waals surface area contributed by atoms with E-state index in [9.17, 15) is 0 Å². The number of para-hydroxylation sites is 2. The summed E-state index contributed by atoms with van der Waals surface area (Å²) in [5.74, 6) is 0. The molecule has 0 aliphatic carbocycles. The zero-order valence-corrected chi connectivity index (χ0v) is 30.6. The summed E-state index contributed by atoms with van der Waals surface area (Å²) in [6, 6.07) is 72.2. The Morgan fingerprint density at radius 1 is 0.364 bits per heavy atom. The molecule has 0 N–H and O–H groups in total. The fraction of sp³-hybridized carbons (Fsp3) is 0. The number of benzene rings is 9. The summed E-state index contributed by atoms with van der Waals surface area (Å²) < 4.78 is 9.13. The van der Waals surface area contributed by atoms with Crippen molar-refractivity contribution in [3.05, 3.63) is 200 Å². The molecule has 0 radical (unpaired) electrons. The molecule has 9 aromatic carbocycles. The van der Waals surface area contributed by atoms with Crippen LogP contribution in [-0.2, 0) is 0 Å². The highest BCUT2D eigenvalue weighted by molar-refractivity contribution is 7.25. The Bertz CT molecular complexity index is 3240. The largest absolute Gasteiger partial charge is 0.455 e. The van der Waals surface area contributed by atoms with Crippen molar-refractivity contribution < 1.29 is 4.42 Å². The van der Waals surface area contributed by atoms with E-state index in [0.717, 1.165) is 50.1 Å². The smallest absolute Gasteiger partial charge is 0.143 e. The van der Waals surface area contributed by atoms with Crippen LogP contribution in [0.15, 0.2) is 205 Å². The second-order valence-electron chi connectivity index (χ2n) is 14.1. The topological polar surface area (TPSA) is 16.4 Å². The molecule has 11 rings (SSSR count). The maximum atomic E-state index is 6.52. The molecule has 258 valence electrons. The highest BCUT2D eigenvalue weighted by Crippen LogP contribution is 2.44. The van der Waals surface area contributed by atoms with Gasteiger partial charge in [0.2, 0.25) is 0 Å². The minimum atomic E-state index is 0.901. The van der Waals surface area contributed by atoms with Crippen LogP contribution >= 0.6 is 11.3 Å². The molecular weight excluding hydrogens is 687 g/mol. The number of fused-ring (bicyclic) bond motifs is 7. The van der Waals surface area contributed by atoms with Gasteiger partial charge in [-0.05, 0) is 93.2 Å². The van der Waals surface area contributed by atoms with Gasteiger partial charge in [-0.3, -0.25) is 0 Å². The Balaban J connectivity index is 1.11. The number of hydrogen-bond acceptors (Lipinski definition) is 3. The number of thiophene rings is 1. The average molecular weight is 720 g/mol. The van der Waals surface area contributed by atoms with Crippen LogP contribution in [0.5, 0.6) is 0 Å². The van der Waals surface area contributed by atoms with Gasteiger partial charge in [0.1, 0.15) is 11.2 Å². The van der Waals surface area contributed by atoms with E-state index in [4.69, 9.17) is 4.42 Å². The highest BCUT2D eigenvalue weighted by atomic mass is 32.1. The SMILES string of the molecule is c1cc(-c2cccc3ccccc23)cc(N(c2cccc(-c3cccc4c3oc3ccccc34)c2)c2cccc(-c3cccc4sc5ccccc5c34)c2)c1. The predicted octanol–water partition coefficient (Wildman–Crippen LogP) is 15.6. The third kappa shape index (κ3) is 5.32. The molecule has 2 nitrogen and oxygen atoms in total. The van der Waals surface area contributed by atoms with Crippen LogP contribution in [0, 0.1) is 0 Å².